The van der Waals surface area contributed by atoms with Gasteiger partial charge in [-0.3, -0.25) is 9.93 Å². The predicted molar refractivity (Wildman–Crippen MR) is 100.0 cm³/mol. The molecule has 2 aromatic rings. The number of unbranched alkanes of at least 4 members (excludes halogenated alkanes) is 1. The molecule has 5 N–H and O–H groups in total. The lowest BCUT2D eigenvalue weighted by atomic mass is 10.1. The van der Waals surface area contributed by atoms with Crippen molar-refractivity contribution in [1.82, 2.24) is 4.57 Å². The van der Waals surface area contributed by atoms with Crippen molar-refractivity contribution < 1.29 is 9.90 Å². The van der Waals surface area contributed by atoms with Gasteiger partial charge in [-0.05, 0) is 56.5 Å². The molecular formula is C17H25N3O3S. The molecule has 1 atom stereocenters. The number of carboxylic acids is 1. The molecule has 0 spiro atoms. The molecule has 1 unspecified atom stereocenters. The molecule has 0 radical (unpaired) electrons. The van der Waals surface area contributed by atoms with E-state index in [1.54, 1.807) is 10.6 Å². The first-order chi connectivity index (χ1) is 11.3. The van der Waals surface area contributed by atoms with E-state index in [1.165, 1.54) is 6.20 Å². The predicted octanol–water partition coefficient (Wildman–Crippen LogP) is 2.13. The van der Waals surface area contributed by atoms with Crippen molar-refractivity contribution in [2.75, 3.05) is 18.6 Å². The van der Waals surface area contributed by atoms with E-state index in [9.17, 15) is 14.7 Å². The molecule has 0 bridgehead atoms. The number of benzene rings is 1. The number of nitrogens with two attached hydrogens (primary N) is 2. The summed E-state index contributed by atoms with van der Waals surface area (Å²) >= 11 is 0. The van der Waals surface area contributed by atoms with E-state index in [4.69, 9.17) is 10.9 Å². The summed E-state index contributed by atoms with van der Waals surface area (Å²) in [6.07, 6.45) is 5.26. The third kappa shape index (κ3) is 3.63. The minimum atomic E-state index is -1.54. The van der Waals surface area contributed by atoms with Gasteiger partial charge in [0.25, 0.3) is 0 Å². The molecule has 1 aromatic heterocycles. The second kappa shape index (κ2) is 7.38. The SMILES string of the molecule is CCn1cc(C(=O)O)c(=O)c2cc(S(C)(N)CCCCN)ccc21. The number of pyridine rings is 1. The number of carboxylic acid groups (broad SMARTS) is 1. The first kappa shape index (κ1) is 18.5. The van der Waals surface area contributed by atoms with Gasteiger partial charge in [0.2, 0.25) is 5.43 Å². The number of aromatic nitrogens is 1. The molecule has 0 aliphatic rings. The monoisotopic (exact) mass is 351 g/mol. The Morgan fingerprint density at radius 2 is 2.04 bits per heavy atom. The van der Waals surface area contributed by atoms with Crippen molar-refractivity contribution in [3.05, 3.63) is 40.2 Å². The highest BCUT2D eigenvalue weighted by atomic mass is 32.3. The van der Waals surface area contributed by atoms with Crippen LogP contribution in [0.3, 0.4) is 0 Å². The summed E-state index contributed by atoms with van der Waals surface area (Å²) in [5.41, 5.74) is 5.60. The van der Waals surface area contributed by atoms with Crippen molar-refractivity contribution in [3.63, 3.8) is 0 Å². The summed E-state index contributed by atoms with van der Waals surface area (Å²) in [6, 6.07) is 5.59. The Morgan fingerprint density at radius 3 is 2.62 bits per heavy atom. The van der Waals surface area contributed by atoms with E-state index in [-0.39, 0.29) is 5.56 Å². The third-order valence-corrected chi connectivity index (χ3v) is 6.65. The summed E-state index contributed by atoms with van der Waals surface area (Å²) in [5.74, 6) is -0.378. The molecule has 0 aliphatic carbocycles. The quantitative estimate of drug-likeness (QED) is 0.662. The molecule has 0 saturated carbocycles. The van der Waals surface area contributed by atoms with Crippen molar-refractivity contribution in [1.29, 1.82) is 0 Å². The van der Waals surface area contributed by atoms with Crippen LogP contribution in [0.4, 0.5) is 0 Å². The van der Waals surface area contributed by atoms with E-state index in [0.29, 0.717) is 18.5 Å². The highest BCUT2D eigenvalue weighted by molar-refractivity contribution is 8.31. The van der Waals surface area contributed by atoms with Gasteiger partial charge in [-0.25, -0.2) is 4.79 Å². The Balaban J connectivity index is 2.59. The van der Waals surface area contributed by atoms with Gasteiger partial charge in [0.15, 0.2) is 0 Å². The lowest BCUT2D eigenvalue weighted by Gasteiger charge is -2.32. The molecule has 1 aromatic carbocycles. The fraction of sp³-hybridized carbons (Fsp3) is 0.412. The molecular weight excluding hydrogens is 326 g/mol. The van der Waals surface area contributed by atoms with E-state index in [1.807, 2.05) is 25.3 Å². The Bertz CT molecular complexity index is 815. The molecule has 2 rings (SSSR count). The van der Waals surface area contributed by atoms with Crippen LogP contribution in [-0.4, -0.2) is 34.2 Å². The van der Waals surface area contributed by atoms with E-state index >= 15 is 0 Å². The average Bonchev–Trinajstić information content (AvgIpc) is 2.54. The zero-order valence-electron chi connectivity index (χ0n) is 14.1. The standard InChI is InChI=1S/C17H25N3O3S/c1-3-20-11-14(17(22)23)16(21)13-10-12(6-7-15(13)20)24(2,19)9-5-4-8-18/h6-7,10-11H,3-5,8-9,18-19H2,1-2H3,(H,22,23). The van der Waals surface area contributed by atoms with Crippen LogP contribution in [-0.2, 0) is 6.54 Å². The maximum atomic E-state index is 12.5. The van der Waals surface area contributed by atoms with Gasteiger partial charge in [0.05, 0.1) is 5.52 Å². The number of aryl methyl sites for hydroxylation is 1. The number of carbonyl (C=O) groups is 1. The smallest absolute Gasteiger partial charge is 0.341 e. The number of fused-ring (bicyclic) bond motifs is 1. The first-order valence-corrected chi connectivity index (χ1v) is 10.2. The minimum Gasteiger partial charge on any atom is -0.477 e. The number of hydrogen-bond donors (Lipinski definition) is 3. The highest BCUT2D eigenvalue weighted by Crippen LogP contribution is 2.46. The second-order valence-electron chi connectivity index (χ2n) is 6.00. The van der Waals surface area contributed by atoms with Crippen LogP contribution < -0.4 is 16.3 Å². The summed E-state index contributed by atoms with van der Waals surface area (Å²) < 4.78 is 1.78. The lowest BCUT2D eigenvalue weighted by Crippen LogP contribution is -2.20. The van der Waals surface area contributed by atoms with Crippen molar-refractivity contribution in [2.45, 2.75) is 31.2 Å². The van der Waals surface area contributed by atoms with Crippen LogP contribution in [0.15, 0.2) is 34.1 Å². The molecule has 0 fully saturated rings. The Hall–Kier alpha value is -1.83. The lowest BCUT2D eigenvalue weighted by molar-refractivity contribution is 0.0695. The number of aromatic carboxylic acids is 1. The van der Waals surface area contributed by atoms with Gasteiger partial charge in [0, 0.05) is 23.0 Å². The molecule has 1 heterocycles. The van der Waals surface area contributed by atoms with Gasteiger partial charge >= 0.3 is 5.97 Å². The fourth-order valence-corrected chi connectivity index (χ4v) is 4.55. The van der Waals surface area contributed by atoms with Gasteiger partial charge in [-0.15, -0.1) is 0 Å². The maximum absolute atomic E-state index is 12.5. The van der Waals surface area contributed by atoms with Crippen LogP contribution in [0.5, 0.6) is 0 Å². The number of rotatable bonds is 7. The molecule has 0 aliphatic heterocycles. The highest BCUT2D eigenvalue weighted by Gasteiger charge is 2.19. The molecule has 24 heavy (non-hydrogen) atoms. The molecule has 0 amide bonds. The van der Waals surface area contributed by atoms with E-state index in [2.05, 4.69) is 0 Å². The average molecular weight is 351 g/mol. The normalized spacial score (nSPS) is 15.2. The fourth-order valence-electron chi connectivity index (χ4n) is 2.74. The van der Waals surface area contributed by atoms with Gasteiger partial charge in [-0.1, -0.05) is 0 Å². The van der Waals surface area contributed by atoms with Gasteiger partial charge < -0.3 is 15.4 Å². The van der Waals surface area contributed by atoms with Gasteiger partial charge in [-0.2, -0.15) is 10.2 Å². The molecule has 132 valence electrons. The minimum absolute atomic E-state index is 0.210. The summed E-state index contributed by atoms with van der Waals surface area (Å²) in [7, 11) is -1.54. The van der Waals surface area contributed by atoms with Gasteiger partial charge in [0.1, 0.15) is 5.56 Å². The maximum Gasteiger partial charge on any atom is 0.341 e. The van der Waals surface area contributed by atoms with Crippen LogP contribution in [0.2, 0.25) is 0 Å². The van der Waals surface area contributed by atoms with Crippen LogP contribution in [0.1, 0.15) is 30.1 Å². The third-order valence-electron chi connectivity index (χ3n) is 4.18. The zero-order chi connectivity index (χ0) is 17.9. The summed E-state index contributed by atoms with van der Waals surface area (Å²) in [5, 5.41) is 16.2. The van der Waals surface area contributed by atoms with Crippen molar-refractivity contribution in [2.24, 2.45) is 10.9 Å². The first-order valence-electron chi connectivity index (χ1n) is 7.96. The Morgan fingerprint density at radius 1 is 1.33 bits per heavy atom. The summed E-state index contributed by atoms with van der Waals surface area (Å²) in [4.78, 5) is 24.8. The van der Waals surface area contributed by atoms with Crippen LogP contribution in [0, 0.1) is 0 Å². The van der Waals surface area contributed by atoms with Crippen molar-refractivity contribution >= 4 is 27.1 Å². The van der Waals surface area contributed by atoms with E-state index < -0.39 is 21.6 Å². The largest absolute Gasteiger partial charge is 0.477 e. The topological polar surface area (TPSA) is 111 Å². The van der Waals surface area contributed by atoms with Crippen LogP contribution in [0.25, 0.3) is 10.9 Å². The number of nitrogens with zero attached hydrogens (tertiary/aromatic N) is 1. The Kier molecular flexibility index (Phi) is 5.69. The molecule has 6 nitrogen and oxygen atoms in total. The molecule has 0 saturated heterocycles. The van der Waals surface area contributed by atoms with Crippen molar-refractivity contribution in [3.8, 4) is 0 Å². The Labute approximate surface area is 142 Å². The zero-order valence-corrected chi connectivity index (χ0v) is 14.9. The number of hydrogen-bond acceptors (Lipinski definition) is 4. The van der Waals surface area contributed by atoms with E-state index in [0.717, 1.165) is 29.0 Å². The second-order valence-corrected chi connectivity index (χ2v) is 9.19. The molecule has 7 heteroatoms. The van der Waals surface area contributed by atoms with Crippen LogP contribution >= 0.6 is 10.2 Å². The summed E-state index contributed by atoms with van der Waals surface area (Å²) in [6.45, 7) is 3.13.